The van der Waals surface area contributed by atoms with Gasteiger partial charge >= 0.3 is 0 Å². The van der Waals surface area contributed by atoms with E-state index in [1.54, 1.807) is 25.1 Å². The predicted molar refractivity (Wildman–Crippen MR) is 84.8 cm³/mol. The Balaban J connectivity index is 2.24. The van der Waals surface area contributed by atoms with Gasteiger partial charge in [0, 0.05) is 19.4 Å². The third-order valence-corrected chi connectivity index (χ3v) is 4.56. The normalized spacial score (nSPS) is 14.2. The van der Waals surface area contributed by atoms with E-state index in [9.17, 15) is 9.50 Å². The molecule has 0 saturated heterocycles. The molecule has 0 aliphatic heterocycles. The summed E-state index contributed by atoms with van der Waals surface area (Å²) in [6.07, 6.45) is 0.677. The fourth-order valence-corrected chi connectivity index (χ4v) is 2.94. The van der Waals surface area contributed by atoms with Crippen molar-refractivity contribution in [3.63, 3.8) is 0 Å². The summed E-state index contributed by atoms with van der Waals surface area (Å²) < 4.78 is 16.5. The van der Waals surface area contributed by atoms with Crippen LogP contribution in [0.3, 0.4) is 0 Å². The van der Waals surface area contributed by atoms with Gasteiger partial charge in [-0.15, -0.1) is 0 Å². The molecule has 1 N–H and O–H groups in total. The summed E-state index contributed by atoms with van der Waals surface area (Å²) in [6, 6.07) is 6.56. The van der Waals surface area contributed by atoms with Gasteiger partial charge in [-0.25, -0.2) is 4.39 Å². The summed E-state index contributed by atoms with van der Waals surface area (Å²) >= 11 is 3.53. The van der Waals surface area contributed by atoms with Gasteiger partial charge < -0.3 is 5.11 Å². The van der Waals surface area contributed by atoms with Crippen molar-refractivity contribution in [2.45, 2.75) is 45.8 Å². The molecule has 5 heteroatoms. The zero-order valence-corrected chi connectivity index (χ0v) is 14.1. The van der Waals surface area contributed by atoms with Crippen LogP contribution in [0.1, 0.15) is 30.8 Å². The Kier molecular flexibility index (Phi) is 4.84. The van der Waals surface area contributed by atoms with Gasteiger partial charge in [-0.2, -0.15) is 5.10 Å². The van der Waals surface area contributed by atoms with Crippen molar-refractivity contribution in [2.24, 2.45) is 0 Å². The molecule has 0 amide bonds. The summed E-state index contributed by atoms with van der Waals surface area (Å²) in [7, 11) is 0. The van der Waals surface area contributed by atoms with Crippen LogP contribution in [0.25, 0.3) is 0 Å². The SMILES string of the molecule is CCn1nc(C)c(Br)c1CC(C)(O)Cc1ccccc1F. The summed E-state index contributed by atoms with van der Waals surface area (Å²) in [5.74, 6) is -0.281. The average molecular weight is 355 g/mol. The molecule has 2 rings (SSSR count). The summed E-state index contributed by atoms with van der Waals surface area (Å²) in [5, 5.41) is 15.1. The zero-order valence-electron chi connectivity index (χ0n) is 12.5. The van der Waals surface area contributed by atoms with Crippen molar-refractivity contribution in [3.05, 3.63) is 51.5 Å². The minimum atomic E-state index is -1.04. The molecule has 0 spiro atoms. The number of hydrogen-bond donors (Lipinski definition) is 1. The molecule has 3 nitrogen and oxygen atoms in total. The largest absolute Gasteiger partial charge is 0.389 e. The Labute approximate surface area is 132 Å². The molecule has 1 aromatic carbocycles. The van der Waals surface area contributed by atoms with Gasteiger partial charge in [0.1, 0.15) is 5.82 Å². The molecule has 0 aliphatic carbocycles. The lowest BCUT2D eigenvalue weighted by atomic mass is 9.91. The minimum absolute atomic E-state index is 0.264. The number of benzene rings is 1. The van der Waals surface area contributed by atoms with Crippen LogP contribution < -0.4 is 0 Å². The van der Waals surface area contributed by atoms with Crippen molar-refractivity contribution in [1.29, 1.82) is 0 Å². The lowest BCUT2D eigenvalue weighted by molar-refractivity contribution is 0.0576. The monoisotopic (exact) mass is 354 g/mol. The number of hydrogen-bond acceptors (Lipinski definition) is 2. The Morgan fingerprint density at radius 1 is 1.33 bits per heavy atom. The average Bonchev–Trinajstić information content (AvgIpc) is 2.68. The molecule has 2 aromatic rings. The van der Waals surface area contributed by atoms with Gasteiger partial charge in [0.25, 0.3) is 0 Å². The Hall–Kier alpha value is -1.20. The molecule has 114 valence electrons. The van der Waals surface area contributed by atoms with Crippen LogP contribution in [-0.4, -0.2) is 20.5 Å². The maximum atomic E-state index is 13.7. The molecule has 21 heavy (non-hydrogen) atoms. The smallest absolute Gasteiger partial charge is 0.126 e. The van der Waals surface area contributed by atoms with Crippen LogP contribution in [-0.2, 0) is 19.4 Å². The number of aliphatic hydroxyl groups is 1. The highest BCUT2D eigenvalue weighted by Gasteiger charge is 2.27. The van der Waals surface area contributed by atoms with E-state index in [1.165, 1.54) is 6.07 Å². The number of rotatable bonds is 5. The van der Waals surface area contributed by atoms with E-state index in [1.807, 2.05) is 18.5 Å². The highest BCUT2D eigenvalue weighted by Crippen LogP contribution is 2.27. The molecule has 0 bridgehead atoms. The molecule has 1 atom stereocenters. The van der Waals surface area contributed by atoms with E-state index >= 15 is 0 Å². The Bertz CT molecular complexity index is 637. The quantitative estimate of drug-likeness (QED) is 0.889. The van der Waals surface area contributed by atoms with Gasteiger partial charge in [0.15, 0.2) is 0 Å². The third kappa shape index (κ3) is 3.71. The van der Waals surface area contributed by atoms with Gasteiger partial charge in [0.2, 0.25) is 0 Å². The van der Waals surface area contributed by atoms with E-state index in [0.717, 1.165) is 22.4 Å². The molecule has 1 aromatic heterocycles. The molecule has 1 unspecified atom stereocenters. The van der Waals surface area contributed by atoms with Gasteiger partial charge in [-0.3, -0.25) is 4.68 Å². The first kappa shape index (κ1) is 16.2. The topological polar surface area (TPSA) is 38.0 Å². The molecule has 0 saturated carbocycles. The summed E-state index contributed by atoms with van der Waals surface area (Å²) in [4.78, 5) is 0. The zero-order chi connectivity index (χ0) is 15.6. The number of halogens is 2. The molecule has 1 heterocycles. The Morgan fingerprint density at radius 3 is 2.62 bits per heavy atom. The van der Waals surface area contributed by atoms with Crippen LogP contribution in [0, 0.1) is 12.7 Å². The number of aromatic nitrogens is 2. The van der Waals surface area contributed by atoms with Gasteiger partial charge in [0.05, 0.1) is 21.5 Å². The fourth-order valence-electron chi connectivity index (χ4n) is 2.51. The van der Waals surface area contributed by atoms with Gasteiger partial charge in [-0.05, 0) is 48.3 Å². The first-order chi connectivity index (χ1) is 9.84. The summed E-state index contributed by atoms with van der Waals surface area (Å²) in [6.45, 7) is 6.39. The van der Waals surface area contributed by atoms with Crippen LogP contribution >= 0.6 is 15.9 Å². The lowest BCUT2D eigenvalue weighted by Gasteiger charge is -2.24. The van der Waals surface area contributed by atoms with E-state index < -0.39 is 5.60 Å². The molecule has 0 fully saturated rings. The van der Waals surface area contributed by atoms with Crippen LogP contribution in [0.4, 0.5) is 4.39 Å². The van der Waals surface area contributed by atoms with Crippen LogP contribution in [0.5, 0.6) is 0 Å². The Morgan fingerprint density at radius 2 is 2.00 bits per heavy atom. The summed E-state index contributed by atoms with van der Waals surface area (Å²) in [5.41, 5.74) is 1.33. The van der Waals surface area contributed by atoms with Crippen molar-refractivity contribution < 1.29 is 9.50 Å². The lowest BCUT2D eigenvalue weighted by Crippen LogP contribution is -2.31. The molecular weight excluding hydrogens is 335 g/mol. The van der Waals surface area contributed by atoms with E-state index in [2.05, 4.69) is 21.0 Å². The van der Waals surface area contributed by atoms with Crippen molar-refractivity contribution in [3.8, 4) is 0 Å². The molecule has 0 radical (unpaired) electrons. The van der Waals surface area contributed by atoms with Crippen molar-refractivity contribution in [1.82, 2.24) is 9.78 Å². The van der Waals surface area contributed by atoms with Crippen LogP contribution in [0.2, 0.25) is 0 Å². The maximum Gasteiger partial charge on any atom is 0.126 e. The highest BCUT2D eigenvalue weighted by molar-refractivity contribution is 9.10. The number of aryl methyl sites for hydroxylation is 2. The van der Waals surface area contributed by atoms with Crippen molar-refractivity contribution in [2.75, 3.05) is 0 Å². The fraction of sp³-hybridized carbons (Fsp3) is 0.438. The minimum Gasteiger partial charge on any atom is -0.389 e. The number of nitrogens with zero attached hydrogens (tertiary/aromatic N) is 2. The van der Waals surface area contributed by atoms with Gasteiger partial charge in [-0.1, -0.05) is 18.2 Å². The predicted octanol–water partition coefficient (Wildman–Crippen LogP) is 3.65. The van der Waals surface area contributed by atoms with Crippen LogP contribution in [0.15, 0.2) is 28.7 Å². The third-order valence-electron chi connectivity index (χ3n) is 3.53. The highest BCUT2D eigenvalue weighted by atomic mass is 79.9. The van der Waals surface area contributed by atoms with E-state index in [0.29, 0.717) is 12.0 Å². The van der Waals surface area contributed by atoms with E-state index in [4.69, 9.17) is 0 Å². The standard InChI is InChI=1S/C16H20BrFN2O/c1-4-20-14(15(17)11(2)19-20)10-16(3,21)9-12-7-5-6-8-13(12)18/h5-8,21H,4,9-10H2,1-3H3. The first-order valence-electron chi connectivity index (χ1n) is 7.01. The molecule has 0 aliphatic rings. The molecular formula is C16H20BrFN2O. The second-order valence-electron chi connectivity index (χ2n) is 5.60. The second-order valence-corrected chi connectivity index (χ2v) is 6.40. The first-order valence-corrected chi connectivity index (χ1v) is 7.81. The second kappa shape index (κ2) is 6.28. The maximum absolute atomic E-state index is 13.7. The van der Waals surface area contributed by atoms with E-state index in [-0.39, 0.29) is 12.2 Å². The van der Waals surface area contributed by atoms with Crippen molar-refractivity contribution >= 4 is 15.9 Å².